The van der Waals surface area contributed by atoms with Gasteiger partial charge in [-0.05, 0) is 68.5 Å². The van der Waals surface area contributed by atoms with E-state index in [1.54, 1.807) is 18.7 Å². The number of benzene rings is 2. The Morgan fingerprint density at radius 1 is 1.04 bits per heavy atom. The molecular weight excluding hydrogens is 392 g/mol. The van der Waals surface area contributed by atoms with Gasteiger partial charge in [0.1, 0.15) is 0 Å². The molecule has 2 fully saturated rings. The van der Waals surface area contributed by atoms with Gasteiger partial charge < -0.3 is 10.8 Å². The van der Waals surface area contributed by atoms with Crippen LogP contribution in [0.1, 0.15) is 50.6 Å². The van der Waals surface area contributed by atoms with E-state index in [4.69, 9.17) is 0 Å². The highest BCUT2D eigenvalue weighted by atomic mass is 35.5. The maximum Gasteiger partial charge on any atom is 0.221 e. The molecule has 2 atom stereocenters. The number of nitrogens with zero attached hydrogens (tertiary/aromatic N) is 1. The number of carbonyl (C=O) groups excluding carboxylic acids is 1. The Morgan fingerprint density at radius 3 is 2.50 bits per heavy atom. The largest absolute Gasteiger partial charge is 0.412 e. The highest BCUT2D eigenvalue weighted by Gasteiger charge is 2.34. The minimum Gasteiger partial charge on any atom is -0.412 e. The molecule has 2 unspecified atom stereocenters. The number of anilines is 1. The van der Waals surface area contributed by atoms with Gasteiger partial charge in [-0.25, -0.2) is 0 Å². The predicted molar refractivity (Wildman–Crippen MR) is 118 cm³/mol. The van der Waals surface area contributed by atoms with Crippen molar-refractivity contribution in [3.05, 3.63) is 54.1 Å². The zero-order chi connectivity index (χ0) is 17.9. The molecule has 152 valence electrons. The smallest absolute Gasteiger partial charge is 0.221 e. The molecule has 0 saturated carbocycles. The van der Waals surface area contributed by atoms with Gasteiger partial charge in [-0.2, -0.15) is 0 Å². The minimum atomic E-state index is -0.0362. The van der Waals surface area contributed by atoms with E-state index in [0.717, 1.165) is 16.6 Å². The number of halogens is 1. The molecule has 28 heavy (non-hydrogen) atoms. The molecule has 4 rings (SSSR count). The third-order valence-corrected chi connectivity index (χ3v) is 6.61. The van der Waals surface area contributed by atoms with Crippen LogP contribution in [-0.2, 0) is 4.79 Å². The molecule has 0 bridgehead atoms. The van der Waals surface area contributed by atoms with E-state index in [-0.39, 0.29) is 23.8 Å². The van der Waals surface area contributed by atoms with Crippen LogP contribution in [0.4, 0.5) is 5.69 Å². The quantitative estimate of drug-likeness (QED) is 0.749. The summed E-state index contributed by atoms with van der Waals surface area (Å²) < 4.78 is 0. The lowest BCUT2D eigenvalue weighted by Crippen LogP contribution is -2.37. The molecule has 3 N–H and O–H groups in total. The zero-order valence-electron chi connectivity index (χ0n) is 16.2. The Morgan fingerprint density at radius 2 is 1.75 bits per heavy atom. The number of para-hydroxylation sites is 1. The molecule has 2 saturated heterocycles. The molecule has 2 aliphatic heterocycles. The fourth-order valence-corrected chi connectivity index (χ4v) is 5.28. The van der Waals surface area contributed by atoms with Gasteiger partial charge in [0.2, 0.25) is 5.91 Å². The molecule has 2 aromatic carbocycles. The number of nitrogens with one attached hydrogen (secondary N) is 1. The fourth-order valence-electron chi connectivity index (χ4n) is 4.38. The summed E-state index contributed by atoms with van der Waals surface area (Å²) in [5.41, 5.74) is 2.33. The van der Waals surface area contributed by atoms with Crippen LogP contribution >= 0.6 is 24.2 Å². The Kier molecular flexibility index (Phi) is 8.38. The highest BCUT2D eigenvalue weighted by Crippen LogP contribution is 2.40. The first-order valence-electron chi connectivity index (χ1n) is 9.61. The van der Waals surface area contributed by atoms with Crippen LogP contribution in [0.5, 0.6) is 0 Å². The summed E-state index contributed by atoms with van der Waals surface area (Å²) in [7, 11) is 0. The van der Waals surface area contributed by atoms with Gasteiger partial charge in [0.05, 0.1) is 5.69 Å². The molecular formula is C22H29ClN2O2S. The maximum atomic E-state index is 11.4. The fraction of sp³-hybridized carbons (Fsp3) is 0.409. The molecule has 2 aliphatic rings. The molecule has 2 aromatic rings. The van der Waals surface area contributed by atoms with Crippen LogP contribution in [-0.4, -0.2) is 28.9 Å². The average Bonchev–Trinajstić information content (AvgIpc) is 3.12. The van der Waals surface area contributed by atoms with E-state index >= 15 is 0 Å². The summed E-state index contributed by atoms with van der Waals surface area (Å²) in [4.78, 5) is 16.4. The SMILES string of the molecule is CC(=O)Nc1ccccc1Sc1ccc(C2CCCC3CCCN32)cc1.Cl.O. The molecule has 1 amide bonds. The topological polar surface area (TPSA) is 63.8 Å². The van der Waals surface area contributed by atoms with Crippen LogP contribution in [0.15, 0.2) is 58.3 Å². The Hall–Kier alpha value is -1.53. The van der Waals surface area contributed by atoms with Crippen molar-refractivity contribution in [1.29, 1.82) is 0 Å². The summed E-state index contributed by atoms with van der Waals surface area (Å²) in [6, 6.07) is 18.4. The molecule has 6 heteroatoms. The lowest BCUT2D eigenvalue weighted by atomic mass is 9.92. The van der Waals surface area contributed by atoms with Gasteiger partial charge in [0.25, 0.3) is 0 Å². The van der Waals surface area contributed by atoms with E-state index in [0.29, 0.717) is 6.04 Å². The first kappa shape index (κ1) is 22.8. The number of hydrogen-bond acceptors (Lipinski definition) is 3. The van der Waals surface area contributed by atoms with Crippen molar-refractivity contribution in [2.24, 2.45) is 0 Å². The number of fused-ring (bicyclic) bond motifs is 1. The van der Waals surface area contributed by atoms with Gasteiger partial charge in [-0.1, -0.05) is 36.0 Å². The lowest BCUT2D eigenvalue weighted by Gasteiger charge is -2.38. The molecule has 4 nitrogen and oxygen atoms in total. The third-order valence-electron chi connectivity index (χ3n) is 5.53. The van der Waals surface area contributed by atoms with Crippen LogP contribution < -0.4 is 5.32 Å². The number of rotatable bonds is 4. The summed E-state index contributed by atoms with van der Waals surface area (Å²) in [5, 5.41) is 2.92. The van der Waals surface area contributed by atoms with E-state index < -0.39 is 0 Å². The van der Waals surface area contributed by atoms with Crippen molar-refractivity contribution in [2.75, 3.05) is 11.9 Å². The number of amides is 1. The molecule has 0 spiro atoms. The van der Waals surface area contributed by atoms with Crippen LogP contribution in [0.2, 0.25) is 0 Å². The van der Waals surface area contributed by atoms with Crippen molar-refractivity contribution in [3.8, 4) is 0 Å². The second kappa shape index (κ2) is 10.3. The molecule has 0 aliphatic carbocycles. The van der Waals surface area contributed by atoms with Crippen LogP contribution in [0.3, 0.4) is 0 Å². The van der Waals surface area contributed by atoms with Gasteiger partial charge in [-0.15, -0.1) is 12.4 Å². The van der Waals surface area contributed by atoms with Crippen molar-refractivity contribution < 1.29 is 10.3 Å². The molecule has 0 radical (unpaired) electrons. The summed E-state index contributed by atoms with van der Waals surface area (Å²) in [5.74, 6) is -0.0362. The first-order chi connectivity index (χ1) is 12.7. The molecule has 0 aromatic heterocycles. The minimum absolute atomic E-state index is 0. The van der Waals surface area contributed by atoms with Crippen molar-refractivity contribution in [2.45, 2.75) is 60.9 Å². The van der Waals surface area contributed by atoms with Crippen LogP contribution in [0.25, 0.3) is 0 Å². The second-order valence-electron chi connectivity index (χ2n) is 7.33. The van der Waals surface area contributed by atoms with Gasteiger partial charge >= 0.3 is 0 Å². The Labute approximate surface area is 177 Å². The summed E-state index contributed by atoms with van der Waals surface area (Å²) in [6.45, 7) is 2.81. The van der Waals surface area contributed by atoms with Crippen molar-refractivity contribution in [1.82, 2.24) is 4.90 Å². The third kappa shape index (κ3) is 5.09. The summed E-state index contributed by atoms with van der Waals surface area (Å²) >= 11 is 1.70. The van der Waals surface area contributed by atoms with E-state index in [1.807, 2.05) is 18.2 Å². The van der Waals surface area contributed by atoms with E-state index in [9.17, 15) is 4.79 Å². The monoisotopic (exact) mass is 420 g/mol. The molecule has 2 heterocycles. The maximum absolute atomic E-state index is 11.4. The Bertz CT molecular complexity index is 784. The number of piperidine rings is 1. The van der Waals surface area contributed by atoms with Gasteiger partial charge in [0.15, 0.2) is 0 Å². The normalized spacial score (nSPS) is 21.2. The van der Waals surface area contributed by atoms with Crippen molar-refractivity contribution in [3.63, 3.8) is 0 Å². The number of carbonyl (C=O) groups is 1. The lowest BCUT2D eigenvalue weighted by molar-refractivity contribution is -0.114. The van der Waals surface area contributed by atoms with E-state index in [1.165, 1.54) is 49.1 Å². The van der Waals surface area contributed by atoms with Gasteiger partial charge in [-0.3, -0.25) is 9.69 Å². The van der Waals surface area contributed by atoms with Gasteiger partial charge in [0, 0.05) is 28.8 Å². The van der Waals surface area contributed by atoms with E-state index in [2.05, 4.69) is 40.5 Å². The average molecular weight is 421 g/mol. The highest BCUT2D eigenvalue weighted by molar-refractivity contribution is 7.99. The Balaban J connectivity index is 0.00000140. The second-order valence-corrected chi connectivity index (χ2v) is 8.44. The first-order valence-corrected chi connectivity index (χ1v) is 10.4. The zero-order valence-corrected chi connectivity index (χ0v) is 17.8. The standard InChI is InChI=1S/C22H26N2OS.ClH.H2O/c1-16(25)23-20-8-2-3-10-22(20)26-19-13-11-17(12-14-19)21-9-4-6-18-7-5-15-24(18)21;;/h2-3,8,10-14,18,21H,4-7,9,15H2,1H3,(H,23,25);1H;1H2. The number of hydrogen-bond donors (Lipinski definition) is 1. The van der Waals surface area contributed by atoms with Crippen molar-refractivity contribution >= 4 is 35.8 Å². The summed E-state index contributed by atoms with van der Waals surface area (Å²) in [6.07, 6.45) is 6.75. The predicted octanol–water partition coefficient (Wildman–Crippen LogP) is 5.08. The van der Waals surface area contributed by atoms with Crippen LogP contribution in [0, 0.1) is 0 Å².